The highest BCUT2D eigenvalue weighted by atomic mass is 31.0. The highest BCUT2D eigenvalue weighted by molar-refractivity contribution is 7.10. The first-order chi connectivity index (χ1) is 11.1. The van der Waals surface area contributed by atoms with Crippen LogP contribution in [0.15, 0.2) is 12.3 Å². The van der Waals surface area contributed by atoms with Crippen molar-refractivity contribution >= 4 is 23.4 Å². The molecule has 4 heterocycles. The Labute approximate surface area is 138 Å². The largest absolute Gasteiger partial charge is 0.565 e. The minimum absolute atomic E-state index is 0.122. The molecule has 1 amide bonds. The van der Waals surface area contributed by atoms with Crippen LogP contribution in [0.4, 0.5) is 0 Å². The number of amides is 1. The first kappa shape index (κ1) is 16.3. The number of hydrogen-bond donors (Lipinski definition) is 2. The first-order valence-electron chi connectivity index (χ1n) is 7.77. The van der Waals surface area contributed by atoms with Gasteiger partial charge in [-0.05, 0) is 44.3 Å². The zero-order chi connectivity index (χ0) is 16.4. The lowest BCUT2D eigenvalue weighted by atomic mass is 9.72. The van der Waals surface area contributed by atoms with Crippen LogP contribution >= 0.6 is 9.47 Å². The number of piperidine rings is 3. The fraction of sp³-hybridized carbons (Fsp3) is 0.571. The molecular formula is C14H22BN3O4P+. The average molecular weight is 338 g/mol. The molecule has 2 bridgehead atoms. The molecule has 3 aliphatic rings. The number of nitrogens with zero attached hydrogens (tertiary/aromatic N) is 2. The summed E-state index contributed by atoms with van der Waals surface area (Å²) in [5, 5.41) is 13.0. The van der Waals surface area contributed by atoms with Gasteiger partial charge < -0.3 is 19.4 Å². The molecule has 23 heavy (non-hydrogen) atoms. The van der Waals surface area contributed by atoms with Gasteiger partial charge in [0.15, 0.2) is 5.75 Å². The maximum Gasteiger partial charge on any atom is 0.325 e. The van der Waals surface area contributed by atoms with Crippen molar-refractivity contribution < 1.29 is 23.9 Å². The smallest absolute Gasteiger partial charge is 0.325 e. The van der Waals surface area contributed by atoms with Crippen molar-refractivity contribution in [2.45, 2.75) is 19.3 Å². The molecule has 3 aliphatic heterocycles. The van der Waals surface area contributed by atoms with E-state index < -0.39 is 0 Å². The van der Waals surface area contributed by atoms with Gasteiger partial charge in [-0.25, -0.2) is 0 Å². The number of pyridine rings is 1. The Morgan fingerprint density at radius 3 is 2.61 bits per heavy atom. The molecule has 1 aromatic heterocycles. The van der Waals surface area contributed by atoms with Gasteiger partial charge in [-0.2, -0.15) is 0 Å². The number of rotatable bonds is 5. The number of carbonyl (C=O) groups is 1. The van der Waals surface area contributed by atoms with Gasteiger partial charge in [-0.15, -0.1) is 0 Å². The minimum atomic E-state index is -0.316. The molecule has 124 valence electrons. The highest BCUT2D eigenvalue weighted by Crippen LogP contribution is 2.39. The number of nitrogens with one attached hydrogen (secondary N) is 1. The Morgan fingerprint density at radius 2 is 2.04 bits per heavy atom. The van der Waals surface area contributed by atoms with Crippen LogP contribution in [0.3, 0.4) is 0 Å². The zero-order valence-corrected chi connectivity index (χ0v) is 14.4. The molecule has 1 aromatic rings. The Kier molecular flexibility index (Phi) is 4.64. The summed E-state index contributed by atoms with van der Waals surface area (Å²) >= 11 is 0. The third-order valence-corrected chi connectivity index (χ3v) is 5.33. The van der Waals surface area contributed by atoms with Crippen molar-refractivity contribution in [2.75, 3.05) is 26.2 Å². The summed E-state index contributed by atoms with van der Waals surface area (Å²) in [5.41, 5.74) is 0.329. The number of hydrogen-bond acceptors (Lipinski definition) is 5. The number of carbonyl (C=O) groups excluding carboxylic acids is 1. The van der Waals surface area contributed by atoms with Crippen LogP contribution in [0.1, 0.15) is 29.8 Å². The van der Waals surface area contributed by atoms with Crippen LogP contribution in [-0.4, -0.2) is 50.2 Å². The predicted octanol–water partition coefficient (Wildman–Crippen LogP) is -0.477. The van der Waals surface area contributed by atoms with E-state index >= 15 is 0 Å². The standard InChI is InChI=1S/C14H21BN3O4P/c15-21-11-7-10(18(20)8-12(11)22-23)13(19)16-9-14-1-4-17(5-2-14)6-3-14/h7-8H,1-6,9,15,23H2,(H-,16,19,20)/p+1. The lowest BCUT2D eigenvalue weighted by Crippen LogP contribution is -2.53. The molecule has 4 rings (SSSR count). The number of aromatic nitrogens is 1. The molecule has 1 unspecified atom stereocenters. The quantitative estimate of drug-likeness (QED) is 0.328. The van der Waals surface area contributed by atoms with E-state index in [4.69, 9.17) is 9.18 Å². The average Bonchev–Trinajstić information content (AvgIpc) is 2.61. The number of fused-ring (bicyclic) bond motifs is 3. The summed E-state index contributed by atoms with van der Waals surface area (Å²) in [7, 11) is 3.57. The van der Waals surface area contributed by atoms with Crippen molar-refractivity contribution in [2.24, 2.45) is 5.41 Å². The lowest BCUT2D eigenvalue weighted by molar-refractivity contribution is -0.905. The van der Waals surface area contributed by atoms with Gasteiger partial charge in [0.1, 0.15) is 0 Å². The van der Waals surface area contributed by atoms with Crippen LogP contribution in [0, 0.1) is 5.41 Å². The van der Waals surface area contributed by atoms with E-state index in [1.54, 1.807) is 0 Å². The molecule has 9 heteroatoms. The summed E-state index contributed by atoms with van der Waals surface area (Å²) in [5.74, 6) is 0.401. The fourth-order valence-corrected chi connectivity index (χ4v) is 3.62. The van der Waals surface area contributed by atoms with Gasteiger partial charge in [0.05, 0.1) is 15.5 Å². The van der Waals surface area contributed by atoms with E-state index in [0.717, 1.165) is 43.6 Å². The molecule has 0 aliphatic carbocycles. The van der Waals surface area contributed by atoms with Crippen molar-refractivity contribution in [3.8, 4) is 11.5 Å². The Morgan fingerprint density at radius 1 is 1.39 bits per heavy atom. The molecule has 0 radical (unpaired) electrons. The van der Waals surface area contributed by atoms with Crippen LogP contribution in [0.25, 0.3) is 0 Å². The highest BCUT2D eigenvalue weighted by Gasteiger charge is 2.40. The molecule has 2 N–H and O–H groups in total. The van der Waals surface area contributed by atoms with Crippen LogP contribution in [0.5, 0.6) is 11.5 Å². The third-order valence-electron chi connectivity index (χ3n) is 5.08. The fourth-order valence-electron chi connectivity index (χ4n) is 3.44. The van der Waals surface area contributed by atoms with Gasteiger partial charge in [-0.1, -0.05) is 0 Å². The predicted molar refractivity (Wildman–Crippen MR) is 88.4 cm³/mol. The molecule has 7 nitrogen and oxygen atoms in total. The second-order valence-corrected chi connectivity index (χ2v) is 6.56. The van der Waals surface area contributed by atoms with Gasteiger partial charge in [-0.3, -0.25) is 10.0 Å². The summed E-state index contributed by atoms with van der Waals surface area (Å²) in [4.78, 5) is 14.9. The van der Waals surface area contributed by atoms with Crippen molar-refractivity contribution in [3.63, 3.8) is 0 Å². The Balaban J connectivity index is 1.70. The molecular weight excluding hydrogens is 316 g/mol. The maximum atomic E-state index is 12.4. The normalized spacial score (nSPS) is 25.9. The van der Waals surface area contributed by atoms with Gasteiger partial charge in [0.2, 0.25) is 5.75 Å². The SMILES string of the molecule is BOc1cc(C(=O)NCC23CCN(CC2)CC3)[n+](O)cc1OP. The summed E-state index contributed by atoms with van der Waals surface area (Å²) < 4.78 is 11.0. The maximum absolute atomic E-state index is 12.4. The summed E-state index contributed by atoms with van der Waals surface area (Å²) in [6.07, 6.45) is 4.67. The first-order valence-corrected chi connectivity index (χ1v) is 8.24. The van der Waals surface area contributed by atoms with Gasteiger partial charge in [0.25, 0.3) is 6.20 Å². The second-order valence-electron chi connectivity index (χ2n) is 6.33. The molecule has 3 fully saturated rings. The van der Waals surface area contributed by atoms with Gasteiger partial charge in [0, 0.05) is 11.3 Å². The molecule has 0 saturated carbocycles. The Hall–Kier alpha value is -1.53. The van der Waals surface area contributed by atoms with E-state index in [1.807, 2.05) is 0 Å². The monoisotopic (exact) mass is 338 g/mol. The van der Waals surface area contributed by atoms with Crippen molar-refractivity contribution in [3.05, 3.63) is 18.0 Å². The molecule has 0 spiro atoms. The summed E-state index contributed by atoms with van der Waals surface area (Å²) in [6.45, 7) is 3.99. The van der Waals surface area contributed by atoms with E-state index in [0.29, 0.717) is 18.0 Å². The van der Waals surface area contributed by atoms with Crippen LogP contribution < -0.4 is 19.2 Å². The van der Waals surface area contributed by atoms with Crippen LogP contribution in [0.2, 0.25) is 0 Å². The topological polar surface area (TPSA) is 74.9 Å². The van der Waals surface area contributed by atoms with Crippen molar-refractivity contribution in [1.29, 1.82) is 0 Å². The van der Waals surface area contributed by atoms with E-state index in [-0.39, 0.29) is 17.0 Å². The van der Waals surface area contributed by atoms with Crippen LogP contribution in [-0.2, 0) is 0 Å². The second kappa shape index (κ2) is 6.53. The van der Waals surface area contributed by atoms with E-state index in [1.165, 1.54) is 20.3 Å². The molecule has 3 saturated heterocycles. The minimum Gasteiger partial charge on any atom is -0.565 e. The zero-order valence-electron chi connectivity index (χ0n) is 13.2. The Bertz CT molecular complexity index is 594. The third kappa shape index (κ3) is 3.24. The lowest BCUT2D eigenvalue weighted by Gasteiger charge is -2.48. The summed E-state index contributed by atoms with van der Waals surface area (Å²) in [6, 6.07) is 1.47. The van der Waals surface area contributed by atoms with E-state index in [2.05, 4.69) is 19.7 Å². The van der Waals surface area contributed by atoms with Crippen molar-refractivity contribution in [1.82, 2.24) is 10.2 Å². The van der Waals surface area contributed by atoms with E-state index in [9.17, 15) is 10.0 Å². The molecule has 0 aromatic carbocycles. The molecule has 1 atom stereocenters. The van der Waals surface area contributed by atoms with Gasteiger partial charge >= 0.3 is 19.7 Å².